The zero-order valence-corrected chi connectivity index (χ0v) is 10.0. The molecule has 0 atom stereocenters. The van der Waals surface area contributed by atoms with Gasteiger partial charge in [-0.3, -0.25) is 10.1 Å². The number of aliphatic carboxylic acids is 1. The molecule has 1 heterocycles. The van der Waals surface area contributed by atoms with Crippen molar-refractivity contribution in [1.29, 1.82) is 0 Å². The molecule has 86 valence electrons. The Morgan fingerprint density at radius 3 is 2.44 bits per heavy atom. The number of aromatic nitrogens is 1. The maximum atomic E-state index is 11.6. The predicted molar refractivity (Wildman–Crippen MR) is 61.5 cm³/mol. The minimum absolute atomic E-state index is 0.0331. The van der Waals surface area contributed by atoms with Gasteiger partial charge in [0.25, 0.3) is 5.91 Å². The molecule has 0 fully saturated rings. The Hall–Kier alpha value is -1.69. The van der Waals surface area contributed by atoms with Crippen LogP contribution in [0.4, 0.5) is 5.13 Å². The van der Waals surface area contributed by atoms with Crippen LogP contribution in [0.15, 0.2) is 17.3 Å². The number of nitrogens with one attached hydrogen (secondary N) is 1. The van der Waals surface area contributed by atoms with Gasteiger partial charge in [0.15, 0.2) is 5.13 Å². The number of carbonyl (C=O) groups is 2. The van der Waals surface area contributed by atoms with E-state index in [1.165, 1.54) is 25.2 Å². The Balaban J connectivity index is 2.81. The van der Waals surface area contributed by atoms with Crippen molar-refractivity contribution in [2.75, 3.05) is 5.32 Å². The summed E-state index contributed by atoms with van der Waals surface area (Å²) < 4.78 is 0. The van der Waals surface area contributed by atoms with Crippen LogP contribution in [-0.4, -0.2) is 22.0 Å². The van der Waals surface area contributed by atoms with Gasteiger partial charge in [-0.1, -0.05) is 0 Å². The van der Waals surface area contributed by atoms with Crippen LogP contribution in [0.3, 0.4) is 0 Å². The number of thiazole rings is 1. The molecule has 0 aromatic carbocycles. The van der Waals surface area contributed by atoms with Crippen LogP contribution in [0, 0.1) is 6.92 Å². The van der Waals surface area contributed by atoms with Crippen molar-refractivity contribution < 1.29 is 14.7 Å². The Bertz CT molecular complexity index is 462. The van der Waals surface area contributed by atoms with E-state index in [0.717, 1.165) is 4.88 Å². The van der Waals surface area contributed by atoms with Crippen molar-refractivity contribution in [1.82, 2.24) is 4.98 Å². The lowest BCUT2D eigenvalue weighted by Crippen LogP contribution is -2.16. The topological polar surface area (TPSA) is 79.3 Å². The SMILES string of the molecule is CC(C(=O)O)=C(C)C(=O)Nc1ncc(C)s1. The van der Waals surface area contributed by atoms with Crippen LogP contribution in [0.5, 0.6) is 0 Å². The summed E-state index contributed by atoms with van der Waals surface area (Å²) >= 11 is 1.34. The third kappa shape index (κ3) is 2.90. The van der Waals surface area contributed by atoms with E-state index in [2.05, 4.69) is 10.3 Å². The van der Waals surface area contributed by atoms with E-state index < -0.39 is 11.9 Å². The van der Waals surface area contributed by atoms with E-state index in [9.17, 15) is 9.59 Å². The summed E-state index contributed by atoms with van der Waals surface area (Å²) in [6, 6.07) is 0. The highest BCUT2D eigenvalue weighted by Gasteiger charge is 2.13. The zero-order valence-electron chi connectivity index (χ0n) is 9.20. The minimum Gasteiger partial charge on any atom is -0.478 e. The summed E-state index contributed by atoms with van der Waals surface area (Å²) in [5.74, 6) is -1.53. The van der Waals surface area contributed by atoms with E-state index in [0.29, 0.717) is 5.13 Å². The molecule has 5 nitrogen and oxygen atoms in total. The van der Waals surface area contributed by atoms with Gasteiger partial charge in [0.05, 0.1) is 0 Å². The Kier molecular flexibility index (Phi) is 3.78. The first-order valence-electron chi connectivity index (χ1n) is 4.56. The third-order valence-corrected chi connectivity index (χ3v) is 2.89. The highest BCUT2D eigenvalue weighted by Crippen LogP contribution is 2.17. The molecule has 1 rings (SSSR count). The fraction of sp³-hybridized carbons (Fsp3) is 0.300. The number of anilines is 1. The van der Waals surface area contributed by atoms with E-state index >= 15 is 0 Å². The molecule has 0 aliphatic carbocycles. The molecule has 0 radical (unpaired) electrons. The highest BCUT2D eigenvalue weighted by molar-refractivity contribution is 7.15. The molecule has 0 bridgehead atoms. The number of carboxylic acid groups (broad SMARTS) is 1. The van der Waals surface area contributed by atoms with Crippen molar-refractivity contribution in [3.8, 4) is 0 Å². The summed E-state index contributed by atoms with van der Waals surface area (Å²) in [7, 11) is 0. The van der Waals surface area contributed by atoms with Crippen LogP contribution in [0.1, 0.15) is 18.7 Å². The average Bonchev–Trinajstić information content (AvgIpc) is 2.61. The van der Waals surface area contributed by atoms with Gasteiger partial charge in [0.1, 0.15) is 0 Å². The number of nitrogens with zero attached hydrogens (tertiary/aromatic N) is 1. The summed E-state index contributed by atoms with van der Waals surface area (Å²) in [6.07, 6.45) is 1.64. The van der Waals surface area contributed by atoms with Crippen molar-refractivity contribution in [2.45, 2.75) is 20.8 Å². The second kappa shape index (κ2) is 4.89. The summed E-state index contributed by atoms with van der Waals surface area (Å²) in [4.78, 5) is 27.2. The van der Waals surface area contributed by atoms with Crippen LogP contribution in [0.25, 0.3) is 0 Å². The number of hydrogen-bond donors (Lipinski definition) is 2. The van der Waals surface area contributed by atoms with Gasteiger partial charge in [-0.2, -0.15) is 0 Å². The van der Waals surface area contributed by atoms with Crippen molar-refractivity contribution >= 4 is 28.3 Å². The molecule has 0 spiro atoms. The standard InChI is InChI=1S/C10H12N2O3S/c1-5-4-11-10(16-5)12-8(13)6(2)7(3)9(14)15/h4H,1-3H3,(H,14,15)(H,11,12,13). The molecule has 16 heavy (non-hydrogen) atoms. The Labute approximate surface area is 96.8 Å². The lowest BCUT2D eigenvalue weighted by atomic mass is 10.1. The number of amides is 1. The fourth-order valence-corrected chi connectivity index (χ4v) is 1.59. The number of aryl methyl sites for hydroxylation is 1. The summed E-state index contributed by atoms with van der Waals surface area (Å²) in [5.41, 5.74) is 0.214. The van der Waals surface area contributed by atoms with Crippen molar-refractivity contribution in [3.05, 3.63) is 22.2 Å². The molecular weight excluding hydrogens is 228 g/mol. The summed E-state index contributed by atoms with van der Waals surface area (Å²) in [5, 5.41) is 11.7. The van der Waals surface area contributed by atoms with Gasteiger partial charge in [-0.15, -0.1) is 11.3 Å². The molecule has 0 aliphatic rings. The van der Waals surface area contributed by atoms with Crippen LogP contribution >= 0.6 is 11.3 Å². The van der Waals surface area contributed by atoms with Gasteiger partial charge >= 0.3 is 5.97 Å². The Morgan fingerprint density at radius 1 is 1.38 bits per heavy atom. The largest absolute Gasteiger partial charge is 0.478 e. The molecule has 1 aromatic heterocycles. The highest BCUT2D eigenvalue weighted by atomic mass is 32.1. The van der Waals surface area contributed by atoms with Gasteiger partial charge in [-0.25, -0.2) is 9.78 Å². The van der Waals surface area contributed by atoms with E-state index in [1.54, 1.807) is 6.20 Å². The molecule has 0 unspecified atom stereocenters. The van der Waals surface area contributed by atoms with Gasteiger partial charge in [0.2, 0.25) is 0 Å². The predicted octanol–water partition coefficient (Wildman–Crippen LogP) is 1.81. The normalized spacial score (nSPS) is 11.9. The number of rotatable bonds is 3. The quantitative estimate of drug-likeness (QED) is 0.790. The van der Waals surface area contributed by atoms with Crippen LogP contribution in [-0.2, 0) is 9.59 Å². The lowest BCUT2D eigenvalue weighted by Gasteiger charge is -2.03. The molecule has 0 saturated carbocycles. The first-order valence-corrected chi connectivity index (χ1v) is 5.38. The maximum absolute atomic E-state index is 11.6. The monoisotopic (exact) mass is 240 g/mol. The smallest absolute Gasteiger partial charge is 0.331 e. The van der Waals surface area contributed by atoms with Crippen molar-refractivity contribution in [2.24, 2.45) is 0 Å². The van der Waals surface area contributed by atoms with E-state index in [-0.39, 0.29) is 11.1 Å². The maximum Gasteiger partial charge on any atom is 0.331 e. The Morgan fingerprint density at radius 2 is 2.00 bits per heavy atom. The molecule has 0 aliphatic heterocycles. The molecule has 2 N–H and O–H groups in total. The molecule has 6 heteroatoms. The average molecular weight is 240 g/mol. The third-order valence-electron chi connectivity index (χ3n) is 2.07. The van der Waals surface area contributed by atoms with Gasteiger partial charge < -0.3 is 5.11 Å². The first kappa shape index (κ1) is 12.4. The second-order valence-corrected chi connectivity index (χ2v) is 4.52. The minimum atomic E-state index is -1.09. The van der Waals surface area contributed by atoms with Gasteiger partial charge in [0, 0.05) is 22.2 Å². The van der Waals surface area contributed by atoms with Gasteiger partial charge in [-0.05, 0) is 20.8 Å². The summed E-state index contributed by atoms with van der Waals surface area (Å²) in [6.45, 7) is 4.74. The van der Waals surface area contributed by atoms with E-state index in [4.69, 9.17) is 5.11 Å². The van der Waals surface area contributed by atoms with Crippen molar-refractivity contribution in [3.63, 3.8) is 0 Å². The first-order chi connectivity index (χ1) is 7.41. The number of hydrogen-bond acceptors (Lipinski definition) is 4. The second-order valence-electron chi connectivity index (χ2n) is 3.29. The van der Waals surface area contributed by atoms with Crippen LogP contribution in [0.2, 0.25) is 0 Å². The lowest BCUT2D eigenvalue weighted by molar-refractivity contribution is -0.133. The molecular formula is C10H12N2O3S. The number of carboxylic acids is 1. The fourth-order valence-electron chi connectivity index (χ4n) is 0.934. The van der Waals surface area contributed by atoms with E-state index in [1.807, 2.05) is 6.92 Å². The number of carbonyl (C=O) groups excluding carboxylic acids is 1. The molecule has 1 amide bonds. The zero-order chi connectivity index (χ0) is 12.3. The molecule has 0 saturated heterocycles. The van der Waals surface area contributed by atoms with Crippen LogP contribution < -0.4 is 5.32 Å². The molecule has 1 aromatic rings.